The molecule has 18 heavy (non-hydrogen) atoms. The van der Waals surface area contributed by atoms with E-state index in [1.807, 2.05) is 6.92 Å². The number of hydrogen-bond donors (Lipinski definition) is 0. The maximum Gasteiger partial charge on any atom is 0.297 e. The van der Waals surface area contributed by atoms with Crippen LogP contribution in [0.15, 0.2) is 29.2 Å². The van der Waals surface area contributed by atoms with Crippen LogP contribution < -0.4 is 0 Å². The van der Waals surface area contributed by atoms with Crippen LogP contribution in [-0.4, -0.2) is 39.1 Å². The van der Waals surface area contributed by atoms with Crippen LogP contribution in [-0.2, 0) is 14.3 Å². The molecule has 0 aliphatic carbocycles. The topological polar surface area (TPSA) is 46.6 Å². The van der Waals surface area contributed by atoms with Gasteiger partial charge in [0.05, 0.1) is 11.0 Å². The fourth-order valence-electron chi connectivity index (χ4n) is 2.10. The maximum atomic E-state index is 12.1. The quantitative estimate of drug-likeness (QED) is 0.782. The van der Waals surface area contributed by atoms with Crippen molar-refractivity contribution in [3.63, 3.8) is 0 Å². The van der Waals surface area contributed by atoms with Gasteiger partial charge in [-0.25, -0.2) is 0 Å². The van der Waals surface area contributed by atoms with Crippen LogP contribution in [0.5, 0.6) is 0 Å². The van der Waals surface area contributed by atoms with Gasteiger partial charge in [-0.15, -0.1) is 0 Å². The van der Waals surface area contributed by atoms with E-state index in [1.165, 1.54) is 0 Å². The molecule has 5 heteroatoms. The first-order valence-electron chi connectivity index (χ1n) is 6.23. The zero-order valence-corrected chi connectivity index (χ0v) is 11.6. The lowest BCUT2D eigenvalue weighted by Crippen LogP contribution is -2.24. The van der Waals surface area contributed by atoms with E-state index in [1.54, 1.807) is 24.3 Å². The van der Waals surface area contributed by atoms with Crippen molar-refractivity contribution in [1.82, 2.24) is 4.90 Å². The molecule has 0 amide bonds. The van der Waals surface area contributed by atoms with Crippen LogP contribution in [0.1, 0.15) is 18.9 Å². The molecule has 1 aliphatic rings. The van der Waals surface area contributed by atoms with Crippen molar-refractivity contribution in [1.29, 1.82) is 0 Å². The molecule has 1 aromatic rings. The highest BCUT2D eigenvalue weighted by molar-refractivity contribution is 7.86. The molecular formula is C13H19NO3S. The summed E-state index contributed by atoms with van der Waals surface area (Å²) in [5.41, 5.74) is 1.03. The van der Waals surface area contributed by atoms with Crippen molar-refractivity contribution in [2.45, 2.75) is 31.3 Å². The van der Waals surface area contributed by atoms with Gasteiger partial charge in [0.25, 0.3) is 10.1 Å². The summed E-state index contributed by atoms with van der Waals surface area (Å²) in [4.78, 5) is 2.43. The molecule has 0 aromatic heterocycles. The summed E-state index contributed by atoms with van der Waals surface area (Å²) in [5, 5.41) is 0. The Balaban J connectivity index is 2.06. The first-order chi connectivity index (χ1) is 8.51. The smallest absolute Gasteiger partial charge is 0.297 e. The Morgan fingerprint density at radius 2 is 2.00 bits per heavy atom. The Bertz CT molecular complexity index is 495. The number of likely N-dealkylation sites (tertiary alicyclic amines) is 1. The maximum absolute atomic E-state index is 12.1. The SMILES string of the molecule is CCN1CCC(OS(=O)(=O)c2ccc(C)cc2)C1. The summed E-state index contributed by atoms with van der Waals surface area (Å²) >= 11 is 0. The van der Waals surface area contributed by atoms with E-state index < -0.39 is 10.1 Å². The lowest BCUT2D eigenvalue weighted by Gasteiger charge is -2.13. The minimum atomic E-state index is -3.62. The number of nitrogens with zero attached hydrogens (tertiary/aromatic N) is 1. The largest absolute Gasteiger partial charge is 0.301 e. The summed E-state index contributed by atoms with van der Waals surface area (Å²) in [7, 11) is -3.62. The molecule has 0 N–H and O–H groups in total. The second-order valence-electron chi connectivity index (χ2n) is 4.67. The standard InChI is InChI=1S/C13H19NO3S/c1-3-14-9-8-12(10-14)17-18(15,16)13-6-4-11(2)5-7-13/h4-7,12H,3,8-10H2,1-2H3. The molecule has 1 heterocycles. The van der Waals surface area contributed by atoms with Gasteiger partial charge in [-0.1, -0.05) is 24.6 Å². The van der Waals surface area contributed by atoms with Gasteiger partial charge >= 0.3 is 0 Å². The van der Waals surface area contributed by atoms with E-state index in [4.69, 9.17) is 4.18 Å². The van der Waals surface area contributed by atoms with Gasteiger partial charge in [0.2, 0.25) is 0 Å². The highest BCUT2D eigenvalue weighted by Gasteiger charge is 2.27. The summed E-state index contributed by atoms with van der Waals surface area (Å²) < 4.78 is 29.4. The van der Waals surface area contributed by atoms with E-state index in [0.29, 0.717) is 6.54 Å². The lowest BCUT2D eigenvalue weighted by molar-refractivity contribution is 0.209. The number of hydrogen-bond acceptors (Lipinski definition) is 4. The van der Waals surface area contributed by atoms with Gasteiger partial charge < -0.3 is 4.90 Å². The molecule has 2 rings (SSSR count). The fourth-order valence-corrected chi connectivity index (χ4v) is 3.20. The molecule has 4 nitrogen and oxygen atoms in total. The van der Waals surface area contributed by atoms with Crippen LogP contribution in [0.2, 0.25) is 0 Å². The number of benzene rings is 1. The summed E-state index contributed by atoms with van der Waals surface area (Å²) in [5.74, 6) is 0. The summed E-state index contributed by atoms with van der Waals surface area (Å²) in [6, 6.07) is 6.75. The van der Waals surface area contributed by atoms with Crippen LogP contribution >= 0.6 is 0 Å². The van der Waals surface area contributed by atoms with Crippen LogP contribution in [0.3, 0.4) is 0 Å². The van der Waals surface area contributed by atoms with Gasteiger partial charge in [-0.3, -0.25) is 4.18 Å². The van der Waals surface area contributed by atoms with Gasteiger partial charge in [0.15, 0.2) is 0 Å². The predicted molar refractivity (Wildman–Crippen MR) is 70.0 cm³/mol. The van der Waals surface area contributed by atoms with Gasteiger partial charge in [0, 0.05) is 13.1 Å². The molecule has 1 saturated heterocycles. The van der Waals surface area contributed by atoms with E-state index in [9.17, 15) is 8.42 Å². The average Bonchev–Trinajstić information content (AvgIpc) is 2.76. The number of likely N-dealkylation sites (N-methyl/N-ethyl adjacent to an activating group) is 1. The van der Waals surface area contributed by atoms with E-state index in [2.05, 4.69) is 11.8 Å². The molecule has 1 atom stereocenters. The molecule has 0 spiro atoms. The molecule has 0 saturated carbocycles. The van der Waals surface area contributed by atoms with Gasteiger partial charge in [-0.05, 0) is 32.0 Å². The van der Waals surface area contributed by atoms with E-state index in [0.717, 1.165) is 25.1 Å². The third-order valence-corrected chi connectivity index (χ3v) is 4.62. The Morgan fingerprint density at radius 3 is 2.56 bits per heavy atom. The van der Waals surface area contributed by atoms with Crippen LogP contribution in [0.25, 0.3) is 0 Å². The first-order valence-corrected chi connectivity index (χ1v) is 7.64. The number of aryl methyl sites for hydroxylation is 1. The van der Waals surface area contributed by atoms with E-state index >= 15 is 0 Å². The Kier molecular flexibility index (Phi) is 4.04. The third kappa shape index (κ3) is 3.10. The molecule has 0 bridgehead atoms. The van der Waals surface area contributed by atoms with Crippen molar-refractivity contribution in [2.24, 2.45) is 0 Å². The normalized spacial score (nSPS) is 21.3. The zero-order chi connectivity index (χ0) is 13.2. The van der Waals surface area contributed by atoms with Crippen LogP contribution in [0.4, 0.5) is 0 Å². The second-order valence-corrected chi connectivity index (χ2v) is 6.24. The molecule has 1 aromatic carbocycles. The second kappa shape index (κ2) is 5.38. The zero-order valence-electron chi connectivity index (χ0n) is 10.8. The Morgan fingerprint density at radius 1 is 1.33 bits per heavy atom. The third-order valence-electron chi connectivity index (χ3n) is 3.25. The fraction of sp³-hybridized carbons (Fsp3) is 0.538. The van der Waals surface area contributed by atoms with Gasteiger partial charge in [0.1, 0.15) is 0 Å². The first kappa shape index (κ1) is 13.5. The van der Waals surface area contributed by atoms with Crippen molar-refractivity contribution in [3.05, 3.63) is 29.8 Å². The molecule has 1 aliphatic heterocycles. The van der Waals surface area contributed by atoms with E-state index in [-0.39, 0.29) is 11.0 Å². The summed E-state index contributed by atoms with van der Waals surface area (Å²) in [6.07, 6.45) is 0.565. The average molecular weight is 269 g/mol. The van der Waals surface area contributed by atoms with Crippen molar-refractivity contribution in [3.8, 4) is 0 Å². The van der Waals surface area contributed by atoms with Crippen molar-refractivity contribution >= 4 is 10.1 Å². The highest BCUT2D eigenvalue weighted by atomic mass is 32.2. The Labute approximate surface area is 109 Å². The molecule has 1 fully saturated rings. The van der Waals surface area contributed by atoms with Crippen molar-refractivity contribution < 1.29 is 12.6 Å². The molecule has 0 radical (unpaired) electrons. The highest BCUT2D eigenvalue weighted by Crippen LogP contribution is 2.20. The van der Waals surface area contributed by atoms with Crippen LogP contribution in [0, 0.1) is 6.92 Å². The van der Waals surface area contributed by atoms with Crippen molar-refractivity contribution in [2.75, 3.05) is 19.6 Å². The minimum absolute atomic E-state index is 0.212. The molecular weight excluding hydrogens is 250 g/mol. The lowest BCUT2D eigenvalue weighted by atomic mass is 10.2. The molecule has 100 valence electrons. The Hall–Kier alpha value is -0.910. The van der Waals surface area contributed by atoms with Gasteiger partial charge in [-0.2, -0.15) is 8.42 Å². The molecule has 1 unspecified atom stereocenters. The minimum Gasteiger partial charge on any atom is -0.301 e. The summed E-state index contributed by atoms with van der Waals surface area (Å²) in [6.45, 7) is 6.53. The number of rotatable bonds is 4. The predicted octanol–water partition coefficient (Wildman–Crippen LogP) is 1.79. The monoisotopic (exact) mass is 269 g/mol.